The second-order valence-electron chi connectivity index (χ2n) is 5.97. The fraction of sp³-hybridized carbons (Fsp3) is 0.412. The second kappa shape index (κ2) is 4.44. The minimum Gasteiger partial charge on any atom is -0.295 e. The molecule has 0 bridgehead atoms. The standard InChI is InChI=1S/C17H19NO/c1-17(2)13-8-4-5-9-15(13)18-11-14(17)12-7-3-6-10-16(12)19/h4-5,7-9,11,14H,3,6,10H2,1-2H3. The van der Waals surface area contributed by atoms with Crippen LogP contribution < -0.4 is 0 Å². The van der Waals surface area contributed by atoms with Gasteiger partial charge in [-0.1, -0.05) is 38.1 Å². The van der Waals surface area contributed by atoms with Crippen molar-refractivity contribution >= 4 is 17.7 Å². The zero-order valence-corrected chi connectivity index (χ0v) is 11.5. The number of fused-ring (bicyclic) bond motifs is 1. The number of carbonyl (C=O) groups excluding carboxylic acids is 1. The third-order valence-electron chi connectivity index (χ3n) is 4.37. The van der Waals surface area contributed by atoms with E-state index >= 15 is 0 Å². The number of hydrogen-bond acceptors (Lipinski definition) is 2. The van der Waals surface area contributed by atoms with Crippen LogP contribution in [0, 0.1) is 5.92 Å². The molecule has 0 amide bonds. The Morgan fingerprint density at radius 3 is 2.84 bits per heavy atom. The third kappa shape index (κ3) is 1.95. The molecule has 1 unspecified atom stereocenters. The lowest BCUT2D eigenvalue weighted by Crippen LogP contribution is -2.36. The van der Waals surface area contributed by atoms with Crippen LogP contribution in [0.1, 0.15) is 38.7 Å². The Hall–Kier alpha value is -1.70. The van der Waals surface area contributed by atoms with Gasteiger partial charge in [0.25, 0.3) is 0 Å². The summed E-state index contributed by atoms with van der Waals surface area (Å²) < 4.78 is 0. The largest absolute Gasteiger partial charge is 0.295 e. The third-order valence-corrected chi connectivity index (χ3v) is 4.37. The van der Waals surface area contributed by atoms with Crippen molar-refractivity contribution in [3.05, 3.63) is 41.5 Å². The molecule has 98 valence electrons. The second-order valence-corrected chi connectivity index (χ2v) is 5.97. The average molecular weight is 253 g/mol. The quantitative estimate of drug-likeness (QED) is 0.744. The van der Waals surface area contributed by atoms with Crippen LogP contribution in [0.2, 0.25) is 0 Å². The molecule has 3 rings (SSSR count). The molecule has 1 aliphatic carbocycles. The molecule has 0 spiro atoms. The molecule has 19 heavy (non-hydrogen) atoms. The maximum atomic E-state index is 12.2. The number of nitrogens with zero attached hydrogens (tertiary/aromatic N) is 1. The number of carbonyl (C=O) groups is 1. The predicted molar refractivity (Wildman–Crippen MR) is 78.1 cm³/mol. The van der Waals surface area contributed by atoms with Crippen molar-refractivity contribution in [2.45, 2.75) is 38.5 Å². The predicted octanol–water partition coefficient (Wildman–Crippen LogP) is 3.98. The summed E-state index contributed by atoms with van der Waals surface area (Å²) in [6.07, 6.45) is 6.79. The molecule has 1 atom stereocenters. The van der Waals surface area contributed by atoms with Gasteiger partial charge in [-0.2, -0.15) is 0 Å². The van der Waals surface area contributed by atoms with Crippen LogP contribution in [-0.4, -0.2) is 12.0 Å². The van der Waals surface area contributed by atoms with E-state index < -0.39 is 0 Å². The molecule has 1 aromatic carbocycles. The van der Waals surface area contributed by atoms with E-state index in [-0.39, 0.29) is 11.3 Å². The Morgan fingerprint density at radius 1 is 1.26 bits per heavy atom. The Balaban J connectivity index is 2.07. The molecule has 1 aliphatic heterocycles. The SMILES string of the molecule is CC1(C)c2ccccc2N=CC1C1=CCCCC1=O. The van der Waals surface area contributed by atoms with Gasteiger partial charge < -0.3 is 0 Å². The Morgan fingerprint density at radius 2 is 2.05 bits per heavy atom. The van der Waals surface area contributed by atoms with Gasteiger partial charge in [0, 0.05) is 29.5 Å². The van der Waals surface area contributed by atoms with E-state index in [2.05, 4.69) is 37.0 Å². The lowest BCUT2D eigenvalue weighted by Gasteiger charge is -2.38. The summed E-state index contributed by atoms with van der Waals surface area (Å²) in [7, 11) is 0. The van der Waals surface area contributed by atoms with Gasteiger partial charge >= 0.3 is 0 Å². The topological polar surface area (TPSA) is 29.4 Å². The van der Waals surface area contributed by atoms with Crippen LogP contribution in [0.4, 0.5) is 5.69 Å². The average Bonchev–Trinajstić information content (AvgIpc) is 2.40. The molecule has 0 fully saturated rings. The molecule has 0 radical (unpaired) electrons. The highest BCUT2D eigenvalue weighted by atomic mass is 16.1. The zero-order valence-electron chi connectivity index (χ0n) is 11.5. The molecule has 1 aromatic rings. The molecular weight excluding hydrogens is 234 g/mol. The summed E-state index contributed by atoms with van der Waals surface area (Å²) in [5, 5.41) is 0. The number of benzene rings is 1. The molecule has 2 heteroatoms. The van der Waals surface area contributed by atoms with E-state index in [1.165, 1.54) is 5.56 Å². The monoisotopic (exact) mass is 253 g/mol. The van der Waals surface area contributed by atoms with Crippen LogP contribution in [0.15, 0.2) is 40.9 Å². The first-order valence-electron chi connectivity index (χ1n) is 6.97. The number of ketones is 1. The maximum Gasteiger partial charge on any atom is 0.159 e. The minimum absolute atomic E-state index is 0.0722. The van der Waals surface area contributed by atoms with Crippen LogP contribution >= 0.6 is 0 Å². The number of hydrogen-bond donors (Lipinski definition) is 0. The summed E-state index contributed by atoms with van der Waals surface area (Å²) >= 11 is 0. The van der Waals surface area contributed by atoms with Gasteiger partial charge in [0.1, 0.15) is 0 Å². The van der Waals surface area contributed by atoms with Crippen molar-refractivity contribution in [1.82, 2.24) is 0 Å². The van der Waals surface area contributed by atoms with Gasteiger partial charge in [0.2, 0.25) is 0 Å². The van der Waals surface area contributed by atoms with E-state index in [1.54, 1.807) is 0 Å². The fourth-order valence-electron chi connectivity index (χ4n) is 3.19. The highest BCUT2D eigenvalue weighted by molar-refractivity contribution is 6.01. The molecule has 0 N–H and O–H groups in total. The molecule has 0 saturated carbocycles. The lowest BCUT2D eigenvalue weighted by molar-refractivity contribution is -0.116. The highest BCUT2D eigenvalue weighted by Gasteiger charge is 2.39. The highest BCUT2D eigenvalue weighted by Crippen LogP contribution is 2.44. The van der Waals surface area contributed by atoms with Gasteiger partial charge in [0.15, 0.2) is 5.78 Å². The Bertz CT molecular complexity index is 581. The van der Waals surface area contributed by atoms with Gasteiger partial charge in [-0.3, -0.25) is 9.79 Å². The van der Waals surface area contributed by atoms with E-state index in [1.807, 2.05) is 18.3 Å². The van der Waals surface area contributed by atoms with Crippen molar-refractivity contribution < 1.29 is 4.79 Å². The minimum atomic E-state index is -0.0722. The van der Waals surface area contributed by atoms with Crippen molar-refractivity contribution in [3.8, 4) is 0 Å². The summed E-state index contributed by atoms with van der Waals surface area (Å²) in [5.74, 6) is 0.408. The van der Waals surface area contributed by atoms with Crippen LogP contribution in [0.5, 0.6) is 0 Å². The molecule has 2 aliphatic rings. The molecule has 2 nitrogen and oxygen atoms in total. The van der Waals surface area contributed by atoms with Crippen LogP contribution in [-0.2, 0) is 10.2 Å². The summed E-state index contributed by atoms with van der Waals surface area (Å²) in [6, 6.07) is 8.24. The Labute approximate surface area is 114 Å². The van der Waals surface area contributed by atoms with Gasteiger partial charge in [-0.05, 0) is 24.5 Å². The van der Waals surface area contributed by atoms with E-state index in [4.69, 9.17) is 0 Å². The fourth-order valence-corrected chi connectivity index (χ4v) is 3.19. The normalized spacial score (nSPS) is 24.8. The van der Waals surface area contributed by atoms with E-state index in [0.717, 1.165) is 24.1 Å². The summed E-state index contributed by atoms with van der Waals surface area (Å²) in [6.45, 7) is 4.43. The first-order chi connectivity index (χ1) is 9.10. The zero-order chi connectivity index (χ0) is 13.5. The molecule has 0 saturated heterocycles. The van der Waals surface area contributed by atoms with Crippen molar-refractivity contribution in [2.75, 3.05) is 0 Å². The number of Topliss-reactive ketones (excluding diaryl/α,β-unsaturated/α-hetero) is 1. The number of allylic oxidation sites excluding steroid dienone is 2. The number of para-hydroxylation sites is 1. The maximum absolute atomic E-state index is 12.2. The first kappa shape index (κ1) is 12.3. The van der Waals surface area contributed by atoms with Gasteiger partial charge in [-0.15, -0.1) is 0 Å². The lowest BCUT2D eigenvalue weighted by atomic mass is 9.67. The summed E-state index contributed by atoms with van der Waals surface area (Å²) in [5.41, 5.74) is 3.17. The van der Waals surface area contributed by atoms with E-state index in [0.29, 0.717) is 12.2 Å². The van der Waals surface area contributed by atoms with Crippen molar-refractivity contribution in [1.29, 1.82) is 0 Å². The molecular formula is C17H19NO. The van der Waals surface area contributed by atoms with Crippen molar-refractivity contribution in [2.24, 2.45) is 10.9 Å². The van der Waals surface area contributed by atoms with Crippen molar-refractivity contribution in [3.63, 3.8) is 0 Å². The number of rotatable bonds is 1. The smallest absolute Gasteiger partial charge is 0.159 e. The van der Waals surface area contributed by atoms with Gasteiger partial charge in [-0.25, -0.2) is 0 Å². The van der Waals surface area contributed by atoms with Gasteiger partial charge in [0.05, 0.1) is 5.69 Å². The van der Waals surface area contributed by atoms with E-state index in [9.17, 15) is 4.79 Å². The Kier molecular flexibility index (Phi) is 2.89. The number of aliphatic imine (C=N–C) groups is 1. The molecule has 0 aromatic heterocycles. The van der Waals surface area contributed by atoms with Crippen LogP contribution in [0.3, 0.4) is 0 Å². The first-order valence-corrected chi connectivity index (χ1v) is 6.97. The molecule has 1 heterocycles. The summed E-state index contributed by atoms with van der Waals surface area (Å²) in [4.78, 5) is 16.7. The van der Waals surface area contributed by atoms with Crippen LogP contribution in [0.25, 0.3) is 0 Å².